The highest BCUT2D eigenvalue weighted by atomic mass is 35.5. The molecule has 0 fully saturated rings. The van der Waals surface area contributed by atoms with Crippen LogP contribution in [-0.2, 0) is 6.54 Å². The number of hydrogen-bond acceptors (Lipinski definition) is 3. The second-order valence-corrected chi connectivity index (χ2v) is 4.22. The molecular weight excluding hydrogens is 274 g/mol. The lowest BCUT2D eigenvalue weighted by molar-refractivity contribution is 0.613. The largest absolute Gasteiger partial charge is 0.381 e. The first-order valence-corrected chi connectivity index (χ1v) is 5.79. The van der Waals surface area contributed by atoms with Crippen LogP contribution in [0.1, 0.15) is 5.56 Å². The van der Waals surface area contributed by atoms with Gasteiger partial charge in [0, 0.05) is 22.8 Å². The summed E-state index contributed by atoms with van der Waals surface area (Å²) in [6.07, 6.45) is 0. The summed E-state index contributed by atoms with van der Waals surface area (Å²) in [6.45, 7) is 0.110. The van der Waals surface area contributed by atoms with Crippen molar-refractivity contribution in [3.8, 4) is 0 Å². The van der Waals surface area contributed by atoms with E-state index in [2.05, 4.69) is 10.5 Å². The van der Waals surface area contributed by atoms with Crippen LogP contribution in [0.3, 0.4) is 0 Å². The van der Waals surface area contributed by atoms with Crippen molar-refractivity contribution in [3.05, 3.63) is 63.5 Å². The number of anilines is 1. The number of nitrogens with zero attached hydrogens (tertiary/aromatic N) is 1. The van der Waals surface area contributed by atoms with Crippen molar-refractivity contribution >= 4 is 23.0 Å². The van der Waals surface area contributed by atoms with Gasteiger partial charge < -0.3 is 5.32 Å². The molecule has 0 amide bonds. The van der Waals surface area contributed by atoms with Crippen molar-refractivity contribution in [1.29, 1.82) is 0 Å². The fraction of sp³-hybridized carbons (Fsp3) is 0.0769. The Morgan fingerprint density at radius 3 is 2.58 bits per heavy atom. The Hall–Kier alpha value is -2.01. The third-order valence-electron chi connectivity index (χ3n) is 2.58. The van der Waals surface area contributed by atoms with Crippen LogP contribution in [0, 0.1) is 16.5 Å². The first kappa shape index (κ1) is 13.4. The molecule has 0 aromatic heterocycles. The van der Waals surface area contributed by atoms with Crippen LogP contribution in [0.4, 0.5) is 20.2 Å². The Bertz CT molecular complexity index is 599. The van der Waals surface area contributed by atoms with Gasteiger partial charge in [-0.2, -0.15) is 0 Å². The summed E-state index contributed by atoms with van der Waals surface area (Å²) in [6, 6.07) is 8.21. The summed E-state index contributed by atoms with van der Waals surface area (Å²) in [5.41, 5.74) is 0.431. The third-order valence-corrected chi connectivity index (χ3v) is 2.93. The zero-order chi connectivity index (χ0) is 13.8. The average molecular weight is 283 g/mol. The van der Waals surface area contributed by atoms with Gasteiger partial charge in [-0.3, -0.25) is 0 Å². The standard InChI is InChI=1S/C13H9ClF2N2O/c14-10-2-1-3-11(15)9(10)7-17-8-4-5-13(18-19)12(16)6-8/h1-6,17H,7H2. The normalized spacial score (nSPS) is 10.3. The lowest BCUT2D eigenvalue weighted by Crippen LogP contribution is -2.02. The molecule has 0 aliphatic heterocycles. The molecule has 98 valence electrons. The van der Waals surface area contributed by atoms with Gasteiger partial charge in [-0.05, 0) is 35.5 Å². The minimum Gasteiger partial charge on any atom is -0.381 e. The van der Waals surface area contributed by atoms with Crippen LogP contribution in [0.15, 0.2) is 41.6 Å². The number of benzene rings is 2. The fourth-order valence-electron chi connectivity index (χ4n) is 1.58. The first-order chi connectivity index (χ1) is 9.11. The van der Waals surface area contributed by atoms with Crippen molar-refractivity contribution in [2.24, 2.45) is 5.18 Å². The fourth-order valence-corrected chi connectivity index (χ4v) is 1.81. The molecule has 0 unspecified atom stereocenters. The second kappa shape index (κ2) is 5.75. The van der Waals surface area contributed by atoms with E-state index in [0.29, 0.717) is 16.3 Å². The maximum absolute atomic E-state index is 13.5. The highest BCUT2D eigenvalue weighted by Crippen LogP contribution is 2.23. The molecule has 0 saturated carbocycles. The van der Waals surface area contributed by atoms with Gasteiger partial charge in [0.05, 0.1) is 0 Å². The van der Waals surface area contributed by atoms with Gasteiger partial charge in [0.25, 0.3) is 0 Å². The molecule has 0 saturated heterocycles. The third kappa shape index (κ3) is 3.06. The zero-order valence-corrected chi connectivity index (χ0v) is 10.4. The van der Waals surface area contributed by atoms with Gasteiger partial charge in [-0.1, -0.05) is 17.7 Å². The summed E-state index contributed by atoms with van der Waals surface area (Å²) < 4.78 is 26.8. The maximum atomic E-state index is 13.5. The molecule has 6 heteroatoms. The quantitative estimate of drug-likeness (QED) is 0.831. The van der Waals surface area contributed by atoms with Gasteiger partial charge in [-0.15, -0.1) is 4.91 Å². The molecule has 0 aliphatic carbocycles. The molecule has 2 rings (SSSR count). The first-order valence-electron chi connectivity index (χ1n) is 5.41. The number of rotatable bonds is 4. The van der Waals surface area contributed by atoms with Crippen LogP contribution < -0.4 is 5.32 Å². The topological polar surface area (TPSA) is 41.5 Å². The van der Waals surface area contributed by atoms with Gasteiger partial charge in [-0.25, -0.2) is 8.78 Å². The highest BCUT2D eigenvalue weighted by molar-refractivity contribution is 6.31. The Balaban J connectivity index is 2.15. The van der Waals surface area contributed by atoms with E-state index in [0.717, 1.165) is 6.07 Å². The van der Waals surface area contributed by atoms with Crippen molar-refractivity contribution in [1.82, 2.24) is 0 Å². The van der Waals surface area contributed by atoms with Crippen LogP contribution in [0.5, 0.6) is 0 Å². The minimum absolute atomic E-state index is 0.110. The molecule has 1 N–H and O–H groups in total. The van der Waals surface area contributed by atoms with Gasteiger partial charge in [0.2, 0.25) is 0 Å². The molecule has 0 aliphatic rings. The van der Waals surface area contributed by atoms with Crippen molar-refractivity contribution in [3.63, 3.8) is 0 Å². The van der Waals surface area contributed by atoms with E-state index in [9.17, 15) is 13.7 Å². The molecule has 19 heavy (non-hydrogen) atoms. The summed E-state index contributed by atoms with van der Waals surface area (Å²) in [4.78, 5) is 10.2. The summed E-state index contributed by atoms with van der Waals surface area (Å²) in [7, 11) is 0. The Labute approximate surface area is 113 Å². The molecular formula is C13H9ClF2N2O. The molecule has 2 aromatic rings. The van der Waals surface area contributed by atoms with Crippen molar-refractivity contribution < 1.29 is 8.78 Å². The van der Waals surface area contributed by atoms with E-state index in [4.69, 9.17) is 11.6 Å². The number of nitrogens with one attached hydrogen (secondary N) is 1. The monoisotopic (exact) mass is 282 g/mol. The molecule has 2 aromatic carbocycles. The van der Waals surface area contributed by atoms with E-state index >= 15 is 0 Å². The van der Waals surface area contributed by atoms with Gasteiger partial charge in [0.1, 0.15) is 11.5 Å². The van der Waals surface area contributed by atoms with Crippen LogP contribution in [-0.4, -0.2) is 0 Å². The molecule has 0 radical (unpaired) electrons. The van der Waals surface area contributed by atoms with E-state index in [1.807, 2.05) is 0 Å². The number of halogens is 3. The lowest BCUT2D eigenvalue weighted by atomic mass is 10.2. The number of hydrogen-bond donors (Lipinski definition) is 1. The summed E-state index contributed by atoms with van der Waals surface area (Å²) in [5, 5.41) is 5.64. The minimum atomic E-state index is -0.736. The molecule has 0 atom stereocenters. The Morgan fingerprint density at radius 2 is 1.95 bits per heavy atom. The molecule has 0 spiro atoms. The smallest absolute Gasteiger partial charge is 0.154 e. The van der Waals surface area contributed by atoms with Crippen LogP contribution in [0.25, 0.3) is 0 Å². The summed E-state index contributed by atoms with van der Waals surface area (Å²) >= 11 is 5.86. The SMILES string of the molecule is O=Nc1ccc(NCc2c(F)cccc2Cl)cc1F. The van der Waals surface area contributed by atoms with E-state index in [1.165, 1.54) is 24.3 Å². The van der Waals surface area contributed by atoms with Gasteiger partial charge >= 0.3 is 0 Å². The predicted octanol–water partition coefficient (Wildman–Crippen LogP) is 4.63. The Morgan fingerprint density at radius 1 is 1.16 bits per heavy atom. The summed E-state index contributed by atoms with van der Waals surface area (Å²) in [5.74, 6) is -1.17. The second-order valence-electron chi connectivity index (χ2n) is 3.81. The van der Waals surface area contributed by atoms with Crippen molar-refractivity contribution in [2.75, 3.05) is 5.32 Å². The zero-order valence-electron chi connectivity index (χ0n) is 9.66. The highest BCUT2D eigenvalue weighted by Gasteiger charge is 2.08. The van der Waals surface area contributed by atoms with Crippen LogP contribution >= 0.6 is 11.6 Å². The number of nitroso groups, excluding NO2 is 1. The van der Waals surface area contributed by atoms with Crippen LogP contribution in [0.2, 0.25) is 5.02 Å². The van der Waals surface area contributed by atoms with E-state index < -0.39 is 11.6 Å². The average Bonchev–Trinajstić information content (AvgIpc) is 2.38. The van der Waals surface area contributed by atoms with Gasteiger partial charge in [0.15, 0.2) is 5.82 Å². The van der Waals surface area contributed by atoms with Crippen molar-refractivity contribution in [2.45, 2.75) is 6.54 Å². The Kier molecular flexibility index (Phi) is 4.06. The van der Waals surface area contributed by atoms with E-state index in [1.54, 1.807) is 6.07 Å². The predicted molar refractivity (Wildman–Crippen MR) is 70.6 cm³/mol. The molecule has 0 heterocycles. The maximum Gasteiger partial charge on any atom is 0.154 e. The molecule has 0 bridgehead atoms. The van der Waals surface area contributed by atoms with E-state index in [-0.39, 0.29) is 12.2 Å². The lowest BCUT2D eigenvalue weighted by Gasteiger charge is -2.09. The molecule has 3 nitrogen and oxygen atoms in total.